The number of methoxy groups -OCH3 is 1. The molecule has 6 heteroatoms. The Morgan fingerprint density at radius 2 is 1.54 bits per heavy atom. The van der Waals surface area contributed by atoms with E-state index in [2.05, 4.69) is 35.6 Å². The van der Waals surface area contributed by atoms with Crippen LogP contribution < -0.4 is 10.1 Å². The lowest BCUT2D eigenvalue weighted by atomic mass is 10.1. The normalized spacial score (nSPS) is 9.54. The van der Waals surface area contributed by atoms with Crippen LogP contribution in [-0.2, 0) is 22.6 Å². The molecule has 0 atom stereocenters. The molecule has 0 bridgehead atoms. The lowest BCUT2D eigenvalue weighted by molar-refractivity contribution is -0.159. The van der Waals surface area contributed by atoms with E-state index >= 15 is 0 Å². The fourth-order valence-electron chi connectivity index (χ4n) is 1.95. The van der Waals surface area contributed by atoms with Gasteiger partial charge < -0.3 is 20.3 Å². The number of rotatable bonds is 6. The van der Waals surface area contributed by atoms with Gasteiger partial charge in [-0.05, 0) is 24.6 Å². The van der Waals surface area contributed by atoms with Gasteiger partial charge in [-0.25, -0.2) is 9.59 Å². The first-order chi connectivity index (χ1) is 11.5. The number of aliphatic carboxylic acids is 2. The lowest BCUT2D eigenvalue weighted by Gasteiger charge is -2.09. The number of hydrogen-bond acceptors (Lipinski definition) is 4. The van der Waals surface area contributed by atoms with Crippen molar-refractivity contribution in [3.05, 3.63) is 65.7 Å². The molecule has 0 aliphatic heterocycles. The van der Waals surface area contributed by atoms with Crippen molar-refractivity contribution < 1.29 is 24.5 Å². The van der Waals surface area contributed by atoms with E-state index in [0.29, 0.717) is 0 Å². The molecule has 0 spiro atoms. The highest BCUT2D eigenvalue weighted by molar-refractivity contribution is 6.27. The smallest absolute Gasteiger partial charge is 0.414 e. The average Bonchev–Trinajstić information content (AvgIpc) is 2.60. The van der Waals surface area contributed by atoms with Crippen LogP contribution in [0.1, 0.15) is 11.1 Å². The molecule has 0 saturated heterocycles. The van der Waals surface area contributed by atoms with Crippen LogP contribution in [0.25, 0.3) is 0 Å². The maximum Gasteiger partial charge on any atom is 0.414 e. The minimum atomic E-state index is -1.82. The monoisotopic (exact) mass is 331 g/mol. The number of nitrogens with one attached hydrogen (secondary N) is 1. The molecule has 2 rings (SSSR count). The minimum absolute atomic E-state index is 0.844. The molecular weight excluding hydrogens is 310 g/mol. The van der Waals surface area contributed by atoms with Gasteiger partial charge in [0.05, 0.1) is 7.11 Å². The average molecular weight is 331 g/mol. The third kappa shape index (κ3) is 7.42. The summed E-state index contributed by atoms with van der Waals surface area (Å²) in [6.07, 6.45) is 1.05. The second-order valence-corrected chi connectivity index (χ2v) is 4.83. The van der Waals surface area contributed by atoms with Gasteiger partial charge in [0.25, 0.3) is 0 Å². The molecule has 0 amide bonds. The summed E-state index contributed by atoms with van der Waals surface area (Å²) in [7, 11) is 1.71. The fraction of sp³-hybridized carbons (Fsp3) is 0.222. The van der Waals surface area contributed by atoms with Crippen LogP contribution in [0.4, 0.5) is 0 Å². The standard InChI is InChI=1S/C16H19NO.C2H2O4/c1-18-16-10-6-5-9-15(16)13-17-12-11-14-7-3-2-4-8-14;3-1(4)2(5)6/h2-10,17H,11-13H2,1H3;(H,3,4)(H,5,6). The maximum absolute atomic E-state index is 9.10. The second-order valence-electron chi connectivity index (χ2n) is 4.83. The Balaban J connectivity index is 0.000000413. The van der Waals surface area contributed by atoms with Crippen molar-refractivity contribution in [1.29, 1.82) is 0 Å². The van der Waals surface area contributed by atoms with E-state index in [1.165, 1.54) is 11.1 Å². The Morgan fingerprint density at radius 1 is 0.958 bits per heavy atom. The number of para-hydroxylation sites is 1. The predicted molar refractivity (Wildman–Crippen MR) is 90.1 cm³/mol. The Bertz CT molecular complexity index is 631. The van der Waals surface area contributed by atoms with Crippen LogP contribution >= 0.6 is 0 Å². The molecule has 0 aromatic heterocycles. The van der Waals surface area contributed by atoms with Gasteiger partial charge in [0.2, 0.25) is 0 Å². The highest BCUT2D eigenvalue weighted by Crippen LogP contribution is 2.16. The largest absolute Gasteiger partial charge is 0.496 e. The number of carbonyl (C=O) groups is 2. The summed E-state index contributed by atoms with van der Waals surface area (Å²) < 4.78 is 5.32. The predicted octanol–water partition coefficient (Wildman–Crippen LogP) is 2.18. The highest BCUT2D eigenvalue weighted by Gasteiger charge is 2.04. The molecule has 6 nitrogen and oxygen atoms in total. The fourth-order valence-corrected chi connectivity index (χ4v) is 1.95. The Hall–Kier alpha value is -2.86. The summed E-state index contributed by atoms with van der Waals surface area (Å²) in [5, 5.41) is 18.2. The molecule has 0 unspecified atom stereocenters. The van der Waals surface area contributed by atoms with Crippen LogP contribution in [0.15, 0.2) is 54.6 Å². The van der Waals surface area contributed by atoms with Crippen molar-refractivity contribution in [1.82, 2.24) is 5.32 Å². The number of hydrogen-bond donors (Lipinski definition) is 3. The summed E-state index contributed by atoms with van der Waals surface area (Å²) >= 11 is 0. The van der Waals surface area contributed by atoms with E-state index in [9.17, 15) is 0 Å². The minimum Gasteiger partial charge on any atom is -0.496 e. The first-order valence-corrected chi connectivity index (χ1v) is 7.37. The van der Waals surface area contributed by atoms with Crippen LogP contribution in [0.2, 0.25) is 0 Å². The van der Waals surface area contributed by atoms with Crippen LogP contribution in [0.3, 0.4) is 0 Å². The van der Waals surface area contributed by atoms with E-state index in [4.69, 9.17) is 24.5 Å². The molecular formula is C18H21NO5. The lowest BCUT2D eigenvalue weighted by Crippen LogP contribution is -2.17. The molecule has 0 aliphatic rings. The van der Waals surface area contributed by atoms with Crippen molar-refractivity contribution in [3.63, 3.8) is 0 Å². The van der Waals surface area contributed by atoms with E-state index in [0.717, 1.165) is 25.3 Å². The maximum atomic E-state index is 9.10. The second kappa shape index (κ2) is 10.8. The number of carboxylic acids is 2. The summed E-state index contributed by atoms with van der Waals surface area (Å²) in [6, 6.07) is 18.6. The van der Waals surface area contributed by atoms with Crippen molar-refractivity contribution in [3.8, 4) is 5.75 Å². The van der Waals surface area contributed by atoms with Crippen LogP contribution in [0.5, 0.6) is 5.75 Å². The molecule has 0 aliphatic carbocycles. The number of ether oxygens (including phenoxy) is 1. The Labute approximate surface area is 140 Å². The van der Waals surface area contributed by atoms with Gasteiger partial charge >= 0.3 is 11.9 Å². The molecule has 128 valence electrons. The van der Waals surface area contributed by atoms with E-state index < -0.39 is 11.9 Å². The van der Waals surface area contributed by atoms with Gasteiger partial charge in [-0.3, -0.25) is 0 Å². The summed E-state index contributed by atoms with van der Waals surface area (Å²) in [5.74, 6) is -2.70. The first kappa shape index (κ1) is 19.2. The third-order valence-electron chi connectivity index (χ3n) is 3.12. The van der Waals surface area contributed by atoms with Crippen molar-refractivity contribution >= 4 is 11.9 Å². The van der Waals surface area contributed by atoms with Crippen molar-refractivity contribution in [2.24, 2.45) is 0 Å². The van der Waals surface area contributed by atoms with Gasteiger partial charge in [0, 0.05) is 12.1 Å². The van der Waals surface area contributed by atoms with Gasteiger partial charge in [0.1, 0.15) is 5.75 Å². The van der Waals surface area contributed by atoms with Crippen LogP contribution in [0, 0.1) is 0 Å². The number of benzene rings is 2. The molecule has 3 N–H and O–H groups in total. The van der Waals surface area contributed by atoms with Crippen molar-refractivity contribution in [2.45, 2.75) is 13.0 Å². The SMILES string of the molecule is COc1ccccc1CNCCc1ccccc1.O=C(O)C(=O)O. The zero-order valence-electron chi connectivity index (χ0n) is 13.4. The highest BCUT2D eigenvalue weighted by atomic mass is 16.5. The quantitative estimate of drug-likeness (QED) is 0.555. The topological polar surface area (TPSA) is 95.9 Å². The molecule has 0 saturated carbocycles. The molecule has 0 heterocycles. The van der Waals surface area contributed by atoms with Gasteiger partial charge in [-0.1, -0.05) is 48.5 Å². The molecule has 24 heavy (non-hydrogen) atoms. The van der Waals surface area contributed by atoms with Gasteiger partial charge in [-0.15, -0.1) is 0 Å². The molecule has 0 radical (unpaired) electrons. The third-order valence-corrected chi connectivity index (χ3v) is 3.12. The van der Waals surface area contributed by atoms with E-state index in [1.54, 1.807) is 7.11 Å². The zero-order chi connectivity index (χ0) is 17.8. The first-order valence-electron chi connectivity index (χ1n) is 7.37. The Kier molecular flexibility index (Phi) is 8.63. The zero-order valence-corrected chi connectivity index (χ0v) is 13.4. The molecule has 2 aromatic carbocycles. The van der Waals surface area contributed by atoms with Crippen LogP contribution in [-0.4, -0.2) is 35.8 Å². The van der Waals surface area contributed by atoms with Crippen molar-refractivity contribution in [2.75, 3.05) is 13.7 Å². The van der Waals surface area contributed by atoms with E-state index in [-0.39, 0.29) is 0 Å². The van der Waals surface area contributed by atoms with Gasteiger partial charge in [-0.2, -0.15) is 0 Å². The molecule has 2 aromatic rings. The molecule has 0 fully saturated rings. The Morgan fingerprint density at radius 3 is 2.12 bits per heavy atom. The summed E-state index contributed by atoms with van der Waals surface area (Å²) in [5.41, 5.74) is 2.57. The van der Waals surface area contributed by atoms with E-state index in [1.807, 2.05) is 24.3 Å². The van der Waals surface area contributed by atoms with Gasteiger partial charge in [0.15, 0.2) is 0 Å². The summed E-state index contributed by atoms with van der Waals surface area (Å²) in [4.78, 5) is 18.2. The summed E-state index contributed by atoms with van der Waals surface area (Å²) in [6.45, 7) is 1.82. The number of carboxylic acid groups (broad SMARTS) is 2.